The van der Waals surface area contributed by atoms with E-state index in [4.69, 9.17) is 9.47 Å². The second kappa shape index (κ2) is 15.8. The van der Waals surface area contributed by atoms with E-state index in [9.17, 15) is 0 Å². The first-order chi connectivity index (χ1) is 15.3. The maximum Gasteiger partial charge on any atom is 0.193 e. The van der Waals surface area contributed by atoms with Crippen molar-refractivity contribution in [1.29, 1.82) is 0 Å². The summed E-state index contributed by atoms with van der Waals surface area (Å²) in [5.41, 5.74) is 1.41. The zero-order chi connectivity index (χ0) is 21.7. The van der Waals surface area contributed by atoms with Crippen molar-refractivity contribution in [1.82, 2.24) is 20.0 Å². The first kappa shape index (κ1) is 27.3. The summed E-state index contributed by atoms with van der Waals surface area (Å²) in [6, 6.07) is 10.8. The average Bonchev–Trinajstić information content (AvgIpc) is 3.27. The monoisotopic (exact) mass is 559 g/mol. The van der Waals surface area contributed by atoms with E-state index in [0.717, 1.165) is 64.8 Å². The molecule has 1 atom stereocenters. The zero-order valence-corrected chi connectivity index (χ0v) is 22.2. The highest BCUT2D eigenvalue weighted by molar-refractivity contribution is 14.0. The second-order valence-electron chi connectivity index (χ2n) is 8.60. The molecule has 0 bridgehead atoms. The highest BCUT2D eigenvalue weighted by Gasteiger charge is 2.25. The topological polar surface area (TPSA) is 52.6 Å². The van der Waals surface area contributed by atoms with Crippen molar-refractivity contribution < 1.29 is 9.47 Å². The first-order valence-corrected chi connectivity index (χ1v) is 11.8. The number of likely N-dealkylation sites (tertiary alicyclic amines) is 1. The lowest BCUT2D eigenvalue weighted by atomic mass is 10.1. The minimum absolute atomic E-state index is 0. The van der Waals surface area contributed by atoms with Crippen molar-refractivity contribution >= 4 is 29.9 Å². The molecular formula is C24H42IN5O2. The van der Waals surface area contributed by atoms with Crippen LogP contribution in [0.15, 0.2) is 35.3 Å². The van der Waals surface area contributed by atoms with E-state index in [0.29, 0.717) is 19.1 Å². The molecule has 0 aromatic heterocycles. The van der Waals surface area contributed by atoms with Gasteiger partial charge in [0.25, 0.3) is 0 Å². The molecule has 2 saturated heterocycles. The van der Waals surface area contributed by atoms with E-state index in [1.54, 1.807) is 7.11 Å². The van der Waals surface area contributed by atoms with Gasteiger partial charge in [0.1, 0.15) is 0 Å². The van der Waals surface area contributed by atoms with Gasteiger partial charge in [0.15, 0.2) is 5.96 Å². The predicted octanol–water partition coefficient (Wildman–Crippen LogP) is 2.37. The van der Waals surface area contributed by atoms with Gasteiger partial charge in [0.2, 0.25) is 0 Å². The molecule has 1 unspecified atom stereocenters. The Labute approximate surface area is 211 Å². The van der Waals surface area contributed by atoms with Crippen LogP contribution in [0.1, 0.15) is 18.4 Å². The molecule has 0 saturated carbocycles. The number of nitrogens with one attached hydrogen (secondary N) is 1. The normalized spacial score (nSPS) is 20.4. The number of piperazine rings is 1. The van der Waals surface area contributed by atoms with Crippen LogP contribution in [-0.2, 0) is 16.0 Å². The average molecular weight is 560 g/mol. The molecule has 182 valence electrons. The zero-order valence-electron chi connectivity index (χ0n) is 19.9. The summed E-state index contributed by atoms with van der Waals surface area (Å²) in [4.78, 5) is 12.0. The number of aliphatic imine (C=N–C) groups is 1. The van der Waals surface area contributed by atoms with Gasteiger partial charge in [-0.3, -0.25) is 9.89 Å². The van der Waals surface area contributed by atoms with E-state index < -0.39 is 0 Å². The number of hydrogen-bond donors (Lipinski definition) is 1. The largest absolute Gasteiger partial charge is 0.382 e. The summed E-state index contributed by atoms with van der Waals surface area (Å²) in [5.74, 6) is 1.62. The third kappa shape index (κ3) is 9.51. The number of rotatable bonds is 11. The van der Waals surface area contributed by atoms with Gasteiger partial charge in [-0.05, 0) is 24.9 Å². The molecule has 0 amide bonds. The fraction of sp³-hybridized carbons (Fsp3) is 0.708. The lowest BCUT2D eigenvalue weighted by Gasteiger charge is -2.34. The summed E-state index contributed by atoms with van der Waals surface area (Å²) < 4.78 is 10.7. The Hall–Kier alpha value is -0.940. The molecule has 32 heavy (non-hydrogen) atoms. The number of nitrogens with zero attached hydrogens (tertiary/aromatic N) is 4. The molecule has 7 nitrogen and oxygen atoms in total. The molecule has 0 aliphatic carbocycles. The molecule has 2 aliphatic heterocycles. The number of guanidine groups is 1. The number of methoxy groups -OCH3 is 1. The first-order valence-electron chi connectivity index (χ1n) is 11.8. The molecular weight excluding hydrogens is 517 g/mol. The van der Waals surface area contributed by atoms with Gasteiger partial charge in [0, 0.05) is 72.4 Å². The molecule has 1 aromatic carbocycles. The van der Waals surface area contributed by atoms with Crippen LogP contribution in [0.25, 0.3) is 0 Å². The molecule has 8 heteroatoms. The van der Waals surface area contributed by atoms with Crippen LogP contribution in [0.3, 0.4) is 0 Å². The SMILES string of the molecule is CN=C(NCCCN1CCN(Cc2ccccc2)CC1)N1CCC(COCCOC)C1.I. The highest BCUT2D eigenvalue weighted by atomic mass is 127. The van der Waals surface area contributed by atoms with Crippen LogP contribution in [0.4, 0.5) is 0 Å². The fourth-order valence-corrected chi connectivity index (χ4v) is 4.40. The van der Waals surface area contributed by atoms with Crippen molar-refractivity contribution in [3.05, 3.63) is 35.9 Å². The van der Waals surface area contributed by atoms with Crippen LogP contribution < -0.4 is 5.32 Å². The van der Waals surface area contributed by atoms with E-state index >= 15 is 0 Å². The molecule has 2 aliphatic rings. The lowest BCUT2D eigenvalue weighted by molar-refractivity contribution is 0.0536. The minimum Gasteiger partial charge on any atom is -0.382 e. The Morgan fingerprint density at radius 3 is 2.53 bits per heavy atom. The summed E-state index contributed by atoms with van der Waals surface area (Å²) in [7, 11) is 3.60. The minimum atomic E-state index is 0. The van der Waals surface area contributed by atoms with Crippen molar-refractivity contribution in [3.63, 3.8) is 0 Å². The Bertz CT molecular complexity index is 641. The standard InChI is InChI=1S/C24H41N5O2.HI/c1-25-24(29-12-9-23(20-29)21-31-18-17-30-2)26-10-6-11-27-13-15-28(16-14-27)19-22-7-4-3-5-8-22;/h3-5,7-8,23H,6,9-21H2,1-2H3,(H,25,26);1H. The fourth-order valence-electron chi connectivity index (χ4n) is 4.40. The Morgan fingerprint density at radius 1 is 1.06 bits per heavy atom. The van der Waals surface area contributed by atoms with E-state index in [-0.39, 0.29) is 24.0 Å². The molecule has 0 spiro atoms. The Balaban J connectivity index is 0.00000363. The molecule has 3 rings (SSSR count). The van der Waals surface area contributed by atoms with Crippen LogP contribution in [0, 0.1) is 5.92 Å². The van der Waals surface area contributed by atoms with Gasteiger partial charge in [-0.2, -0.15) is 0 Å². The van der Waals surface area contributed by atoms with Crippen molar-refractivity contribution in [2.24, 2.45) is 10.9 Å². The van der Waals surface area contributed by atoms with Gasteiger partial charge < -0.3 is 24.6 Å². The number of ether oxygens (including phenoxy) is 2. The Kier molecular flexibility index (Phi) is 13.5. The summed E-state index contributed by atoms with van der Waals surface area (Å²) in [5, 5.41) is 3.57. The second-order valence-corrected chi connectivity index (χ2v) is 8.60. The third-order valence-electron chi connectivity index (χ3n) is 6.23. The van der Waals surface area contributed by atoms with Crippen LogP contribution >= 0.6 is 24.0 Å². The molecule has 0 radical (unpaired) electrons. The maximum atomic E-state index is 5.71. The number of benzene rings is 1. The van der Waals surface area contributed by atoms with E-state index in [2.05, 4.69) is 55.3 Å². The molecule has 1 aromatic rings. The molecule has 1 N–H and O–H groups in total. The number of hydrogen-bond acceptors (Lipinski definition) is 5. The van der Waals surface area contributed by atoms with Gasteiger partial charge in [-0.15, -0.1) is 24.0 Å². The van der Waals surface area contributed by atoms with Crippen LogP contribution in [0.5, 0.6) is 0 Å². The van der Waals surface area contributed by atoms with Crippen molar-refractivity contribution in [2.75, 3.05) is 86.3 Å². The van der Waals surface area contributed by atoms with E-state index in [1.807, 2.05) is 7.05 Å². The number of halogens is 1. The van der Waals surface area contributed by atoms with E-state index in [1.165, 1.54) is 25.1 Å². The van der Waals surface area contributed by atoms with Gasteiger partial charge in [-0.1, -0.05) is 30.3 Å². The lowest BCUT2D eigenvalue weighted by Crippen LogP contribution is -2.47. The van der Waals surface area contributed by atoms with Gasteiger partial charge >= 0.3 is 0 Å². The smallest absolute Gasteiger partial charge is 0.193 e. The summed E-state index contributed by atoms with van der Waals surface area (Å²) in [6.07, 6.45) is 2.32. The van der Waals surface area contributed by atoms with Crippen molar-refractivity contribution in [3.8, 4) is 0 Å². The van der Waals surface area contributed by atoms with Crippen LogP contribution in [-0.4, -0.2) is 107 Å². The Morgan fingerprint density at radius 2 is 1.81 bits per heavy atom. The molecule has 2 heterocycles. The van der Waals surface area contributed by atoms with Crippen LogP contribution in [0.2, 0.25) is 0 Å². The summed E-state index contributed by atoms with van der Waals surface area (Å²) in [6.45, 7) is 12.1. The quantitative estimate of drug-likeness (QED) is 0.195. The summed E-state index contributed by atoms with van der Waals surface area (Å²) >= 11 is 0. The van der Waals surface area contributed by atoms with Gasteiger partial charge in [0.05, 0.1) is 19.8 Å². The third-order valence-corrected chi connectivity index (χ3v) is 6.23. The van der Waals surface area contributed by atoms with Crippen molar-refractivity contribution in [2.45, 2.75) is 19.4 Å². The highest BCUT2D eigenvalue weighted by Crippen LogP contribution is 2.16. The predicted molar refractivity (Wildman–Crippen MR) is 142 cm³/mol. The van der Waals surface area contributed by atoms with Gasteiger partial charge in [-0.25, -0.2) is 0 Å². The maximum absolute atomic E-state index is 5.71. The molecule has 2 fully saturated rings.